The third-order valence-corrected chi connectivity index (χ3v) is 1.53. The standard InChI is InChI=1S/C8H7NO/c10-7-3-1-6(2-4-7)8-5-9-8/h1-5,8,10H. The van der Waals surface area contributed by atoms with E-state index in [0.717, 1.165) is 5.56 Å². The summed E-state index contributed by atoms with van der Waals surface area (Å²) in [5.74, 6) is 0.310. The van der Waals surface area contributed by atoms with E-state index in [-0.39, 0.29) is 0 Å². The van der Waals surface area contributed by atoms with Crippen molar-refractivity contribution in [1.82, 2.24) is 0 Å². The average Bonchev–Trinajstić information content (AvgIpc) is 2.71. The zero-order valence-corrected chi connectivity index (χ0v) is 5.36. The highest BCUT2D eigenvalue weighted by molar-refractivity contribution is 5.79. The molecule has 1 heterocycles. The van der Waals surface area contributed by atoms with Crippen LogP contribution < -0.4 is 0 Å². The highest BCUT2D eigenvalue weighted by Crippen LogP contribution is 2.25. The Morgan fingerprint density at radius 1 is 1.20 bits per heavy atom. The van der Waals surface area contributed by atoms with Gasteiger partial charge in [0.1, 0.15) is 11.8 Å². The Morgan fingerprint density at radius 3 is 2.30 bits per heavy atom. The highest BCUT2D eigenvalue weighted by Gasteiger charge is 2.14. The number of aromatic hydroxyl groups is 1. The first-order valence-electron chi connectivity index (χ1n) is 3.18. The van der Waals surface area contributed by atoms with Crippen LogP contribution in [-0.4, -0.2) is 11.3 Å². The highest BCUT2D eigenvalue weighted by atomic mass is 16.3. The smallest absolute Gasteiger partial charge is 0.115 e. The summed E-state index contributed by atoms with van der Waals surface area (Å²) < 4.78 is 0. The molecule has 0 spiro atoms. The van der Waals surface area contributed by atoms with Gasteiger partial charge in [0.05, 0.1) is 0 Å². The van der Waals surface area contributed by atoms with E-state index in [1.807, 2.05) is 18.3 Å². The summed E-state index contributed by atoms with van der Waals surface area (Å²) in [6.07, 6.45) is 1.88. The Bertz CT molecular complexity index is 257. The van der Waals surface area contributed by atoms with E-state index >= 15 is 0 Å². The van der Waals surface area contributed by atoms with Gasteiger partial charge in [-0.1, -0.05) is 12.1 Å². The minimum atomic E-state index is 0.292. The Kier molecular flexibility index (Phi) is 1.01. The second kappa shape index (κ2) is 1.84. The van der Waals surface area contributed by atoms with Gasteiger partial charge >= 0.3 is 0 Å². The summed E-state index contributed by atoms with van der Waals surface area (Å²) in [5.41, 5.74) is 1.15. The molecule has 1 aromatic rings. The van der Waals surface area contributed by atoms with Gasteiger partial charge in [0.15, 0.2) is 0 Å². The molecule has 0 radical (unpaired) electrons. The second-order valence-electron chi connectivity index (χ2n) is 2.33. The molecule has 1 N–H and O–H groups in total. The van der Waals surface area contributed by atoms with Crippen molar-refractivity contribution in [3.05, 3.63) is 29.8 Å². The molecule has 0 aliphatic carbocycles. The minimum Gasteiger partial charge on any atom is -0.508 e. The third-order valence-electron chi connectivity index (χ3n) is 1.53. The Hall–Kier alpha value is -1.31. The van der Waals surface area contributed by atoms with Crippen LogP contribution in [0.2, 0.25) is 0 Å². The van der Waals surface area contributed by atoms with Crippen molar-refractivity contribution in [2.24, 2.45) is 4.99 Å². The number of aliphatic imine (C=N–C) groups is 1. The first-order valence-corrected chi connectivity index (χ1v) is 3.18. The molecular weight excluding hydrogens is 126 g/mol. The molecule has 1 atom stereocenters. The van der Waals surface area contributed by atoms with E-state index in [0.29, 0.717) is 11.8 Å². The van der Waals surface area contributed by atoms with Crippen molar-refractivity contribution in [2.45, 2.75) is 6.04 Å². The lowest BCUT2D eigenvalue weighted by Crippen LogP contribution is -1.78. The predicted octanol–water partition coefficient (Wildman–Crippen LogP) is 1.52. The van der Waals surface area contributed by atoms with Crippen molar-refractivity contribution in [1.29, 1.82) is 0 Å². The monoisotopic (exact) mass is 133 g/mol. The number of benzene rings is 1. The van der Waals surface area contributed by atoms with Crippen LogP contribution in [0.3, 0.4) is 0 Å². The Labute approximate surface area is 58.8 Å². The maximum Gasteiger partial charge on any atom is 0.115 e. The lowest BCUT2D eigenvalue weighted by atomic mass is 10.1. The Balaban J connectivity index is 2.28. The van der Waals surface area contributed by atoms with Gasteiger partial charge in [-0.15, -0.1) is 0 Å². The molecule has 1 unspecified atom stereocenters. The number of hydrogen-bond acceptors (Lipinski definition) is 2. The van der Waals surface area contributed by atoms with Crippen LogP contribution in [0.4, 0.5) is 0 Å². The number of rotatable bonds is 1. The van der Waals surface area contributed by atoms with Gasteiger partial charge in [0.25, 0.3) is 0 Å². The normalized spacial score (nSPS) is 21.0. The predicted molar refractivity (Wildman–Crippen MR) is 39.3 cm³/mol. The number of nitrogens with zero attached hydrogens (tertiary/aromatic N) is 1. The minimum absolute atomic E-state index is 0.292. The molecule has 1 aromatic carbocycles. The fourth-order valence-electron chi connectivity index (χ4n) is 0.887. The number of phenolic OH excluding ortho intramolecular Hbond substituents is 1. The molecule has 0 fully saturated rings. The Morgan fingerprint density at radius 2 is 1.80 bits per heavy atom. The van der Waals surface area contributed by atoms with Gasteiger partial charge in [-0.3, -0.25) is 4.99 Å². The molecule has 0 bridgehead atoms. The van der Waals surface area contributed by atoms with Gasteiger partial charge in [0.2, 0.25) is 0 Å². The fraction of sp³-hybridized carbons (Fsp3) is 0.125. The maximum absolute atomic E-state index is 8.92. The van der Waals surface area contributed by atoms with E-state index in [4.69, 9.17) is 5.11 Å². The van der Waals surface area contributed by atoms with E-state index in [9.17, 15) is 0 Å². The van der Waals surface area contributed by atoms with Gasteiger partial charge in [-0.05, 0) is 17.7 Å². The molecule has 10 heavy (non-hydrogen) atoms. The van der Waals surface area contributed by atoms with Crippen molar-refractivity contribution >= 4 is 6.21 Å². The molecule has 2 heteroatoms. The van der Waals surface area contributed by atoms with Crippen molar-refractivity contribution < 1.29 is 5.11 Å². The summed E-state index contributed by atoms with van der Waals surface area (Å²) in [7, 11) is 0. The molecule has 0 aromatic heterocycles. The summed E-state index contributed by atoms with van der Waals surface area (Å²) >= 11 is 0. The molecule has 0 amide bonds. The van der Waals surface area contributed by atoms with Crippen LogP contribution in [-0.2, 0) is 0 Å². The first-order chi connectivity index (χ1) is 4.86. The van der Waals surface area contributed by atoms with Crippen LogP contribution in [0, 0.1) is 0 Å². The molecule has 1 aliphatic heterocycles. The molecule has 0 saturated heterocycles. The fourth-order valence-corrected chi connectivity index (χ4v) is 0.887. The lowest BCUT2D eigenvalue weighted by molar-refractivity contribution is 0.475. The van der Waals surface area contributed by atoms with E-state index in [1.165, 1.54) is 0 Å². The summed E-state index contributed by atoms with van der Waals surface area (Å²) in [6, 6.07) is 7.41. The van der Waals surface area contributed by atoms with Gasteiger partial charge in [0, 0.05) is 6.21 Å². The first kappa shape index (κ1) is 5.47. The molecule has 2 rings (SSSR count). The van der Waals surface area contributed by atoms with Gasteiger partial charge < -0.3 is 5.11 Å². The second-order valence-corrected chi connectivity index (χ2v) is 2.33. The summed E-state index contributed by atoms with van der Waals surface area (Å²) in [5, 5.41) is 8.92. The maximum atomic E-state index is 8.92. The van der Waals surface area contributed by atoms with E-state index in [1.54, 1.807) is 12.1 Å². The number of hydrogen-bond donors (Lipinski definition) is 1. The molecule has 2 nitrogen and oxygen atoms in total. The largest absolute Gasteiger partial charge is 0.508 e. The zero-order valence-electron chi connectivity index (χ0n) is 5.36. The SMILES string of the molecule is Oc1ccc(C2C=N2)cc1. The van der Waals surface area contributed by atoms with Crippen LogP contribution in [0.5, 0.6) is 5.75 Å². The van der Waals surface area contributed by atoms with Crippen molar-refractivity contribution in [3.8, 4) is 5.75 Å². The molecule has 1 aliphatic rings. The molecule has 50 valence electrons. The van der Waals surface area contributed by atoms with Crippen LogP contribution in [0.25, 0.3) is 0 Å². The zero-order chi connectivity index (χ0) is 6.97. The van der Waals surface area contributed by atoms with Gasteiger partial charge in [-0.25, -0.2) is 0 Å². The van der Waals surface area contributed by atoms with E-state index < -0.39 is 0 Å². The molecular formula is C8H7NO. The number of phenols is 1. The van der Waals surface area contributed by atoms with Crippen molar-refractivity contribution in [2.75, 3.05) is 0 Å². The average molecular weight is 133 g/mol. The quantitative estimate of drug-likeness (QED) is 0.618. The van der Waals surface area contributed by atoms with E-state index in [2.05, 4.69) is 4.99 Å². The third kappa shape index (κ3) is 0.880. The van der Waals surface area contributed by atoms with Crippen molar-refractivity contribution in [3.63, 3.8) is 0 Å². The summed E-state index contributed by atoms with van der Waals surface area (Å²) in [6.45, 7) is 0. The lowest BCUT2D eigenvalue weighted by Gasteiger charge is -1.94. The summed E-state index contributed by atoms with van der Waals surface area (Å²) in [4.78, 5) is 4.00. The van der Waals surface area contributed by atoms with Crippen LogP contribution >= 0.6 is 0 Å². The van der Waals surface area contributed by atoms with Gasteiger partial charge in [-0.2, -0.15) is 0 Å². The topological polar surface area (TPSA) is 32.6 Å². The molecule has 0 saturated carbocycles. The van der Waals surface area contributed by atoms with Crippen LogP contribution in [0.1, 0.15) is 11.6 Å². The van der Waals surface area contributed by atoms with Crippen LogP contribution in [0.15, 0.2) is 29.3 Å².